The van der Waals surface area contributed by atoms with Crippen molar-refractivity contribution < 1.29 is 18.6 Å². The Bertz CT molecular complexity index is 1130. The summed E-state index contributed by atoms with van der Waals surface area (Å²) >= 11 is 0. The summed E-state index contributed by atoms with van der Waals surface area (Å²) in [5.41, 5.74) is 2.30. The van der Waals surface area contributed by atoms with Gasteiger partial charge in [-0.2, -0.15) is 0 Å². The Labute approximate surface area is 180 Å². The largest absolute Gasteiger partial charge is 0.508 e. The van der Waals surface area contributed by atoms with Crippen molar-refractivity contribution in [1.82, 2.24) is 9.97 Å². The van der Waals surface area contributed by atoms with E-state index in [1.54, 1.807) is 24.8 Å². The Morgan fingerprint density at radius 2 is 0.871 bits per heavy atom. The number of hydrogen-bond donors (Lipinski definition) is 2. The molecule has 2 N–H and O–H groups in total. The van der Waals surface area contributed by atoms with Crippen LogP contribution >= 0.6 is 0 Å². The molecule has 0 radical (unpaired) electrons. The fourth-order valence-corrected chi connectivity index (χ4v) is 3.79. The monoisotopic (exact) mass is 432 g/mol. The predicted molar refractivity (Wildman–Crippen MR) is 119 cm³/mol. The van der Waals surface area contributed by atoms with Crippen LogP contribution in [0.15, 0.2) is 107 Å². The third-order valence-electron chi connectivity index (χ3n) is 4.17. The maximum atomic E-state index is 12.1. The van der Waals surface area contributed by atoms with Crippen molar-refractivity contribution in [3.8, 4) is 11.5 Å². The van der Waals surface area contributed by atoms with Crippen LogP contribution in [0.25, 0.3) is 12.2 Å². The van der Waals surface area contributed by atoms with Crippen LogP contribution in [0.4, 0.5) is 0 Å². The molecule has 31 heavy (non-hydrogen) atoms. The van der Waals surface area contributed by atoms with E-state index in [0.29, 0.717) is 0 Å². The number of aromatic nitrogens is 2. The van der Waals surface area contributed by atoms with E-state index in [0.717, 1.165) is 11.1 Å². The molecule has 156 valence electrons. The molecule has 4 aromatic rings. The molecule has 4 rings (SSSR count). The third kappa shape index (κ3) is 6.25. The molecule has 0 aliphatic heterocycles. The van der Waals surface area contributed by atoms with Crippen molar-refractivity contribution in [2.45, 2.75) is 9.79 Å². The lowest BCUT2D eigenvalue weighted by Gasteiger charge is -2.04. The molecule has 0 bridgehead atoms. The minimum atomic E-state index is -3.59. The molecule has 0 spiro atoms. The second kappa shape index (κ2) is 10.2. The van der Waals surface area contributed by atoms with Crippen LogP contribution in [-0.4, -0.2) is 28.6 Å². The van der Waals surface area contributed by atoms with Crippen LogP contribution in [0, 0.1) is 0 Å². The number of benzene rings is 2. The molecule has 0 saturated carbocycles. The van der Waals surface area contributed by atoms with Crippen molar-refractivity contribution in [3.63, 3.8) is 0 Å². The summed E-state index contributed by atoms with van der Waals surface area (Å²) in [6.45, 7) is 0. The Kier molecular flexibility index (Phi) is 7.13. The highest BCUT2D eigenvalue weighted by atomic mass is 32.2. The zero-order chi connectivity index (χ0) is 22.1. The Hall–Kier alpha value is -3.97. The highest BCUT2D eigenvalue weighted by molar-refractivity contribution is 7.91. The third-order valence-corrected chi connectivity index (χ3v) is 5.96. The molecule has 0 atom stereocenters. The molecule has 0 fully saturated rings. The van der Waals surface area contributed by atoms with Crippen molar-refractivity contribution in [2.75, 3.05) is 0 Å². The second-order valence-electron chi connectivity index (χ2n) is 6.39. The van der Waals surface area contributed by atoms with Gasteiger partial charge in [0, 0.05) is 24.8 Å². The van der Waals surface area contributed by atoms with E-state index < -0.39 is 9.84 Å². The number of sulfone groups is 1. The highest BCUT2D eigenvalue weighted by Gasteiger charge is 2.17. The number of phenolic OH excluding ortho intramolecular Hbond substituents is 2. The predicted octanol–water partition coefficient (Wildman–Crippen LogP) is 4.58. The van der Waals surface area contributed by atoms with Gasteiger partial charge in [-0.3, -0.25) is 9.97 Å². The molecule has 0 aliphatic carbocycles. The Morgan fingerprint density at radius 1 is 0.548 bits per heavy atom. The van der Waals surface area contributed by atoms with Gasteiger partial charge in [-0.15, -0.1) is 0 Å². The van der Waals surface area contributed by atoms with Gasteiger partial charge in [-0.25, -0.2) is 8.42 Å². The summed E-state index contributed by atoms with van der Waals surface area (Å²) < 4.78 is 24.2. The summed E-state index contributed by atoms with van der Waals surface area (Å²) in [5.74, 6) is 0.0179. The smallest absolute Gasteiger partial charge is 0.206 e. The summed E-state index contributed by atoms with van der Waals surface area (Å²) in [6.07, 6.45) is 11.2. The fourth-order valence-electron chi connectivity index (χ4n) is 2.53. The summed E-state index contributed by atoms with van der Waals surface area (Å²) in [6, 6.07) is 18.5. The fraction of sp³-hybridized carbons (Fsp3) is 0. The minimum absolute atomic E-state index is 0.00894. The molecular formula is C24H20N2O4S. The van der Waals surface area contributed by atoms with Gasteiger partial charge in [-0.1, -0.05) is 12.2 Å². The van der Waals surface area contributed by atoms with Crippen molar-refractivity contribution in [2.24, 2.45) is 0 Å². The van der Waals surface area contributed by atoms with Crippen molar-refractivity contribution in [3.05, 3.63) is 109 Å². The number of pyridine rings is 2. The molecule has 2 aromatic carbocycles. The van der Waals surface area contributed by atoms with E-state index in [1.807, 2.05) is 24.3 Å². The maximum Gasteiger partial charge on any atom is 0.206 e. The lowest BCUT2D eigenvalue weighted by Crippen LogP contribution is -2.01. The summed E-state index contributed by atoms with van der Waals surface area (Å²) in [5, 5.41) is 18.2. The van der Waals surface area contributed by atoms with E-state index in [2.05, 4.69) is 22.1 Å². The van der Waals surface area contributed by atoms with Crippen LogP contribution in [0.3, 0.4) is 0 Å². The Morgan fingerprint density at radius 3 is 1.19 bits per heavy atom. The molecule has 0 aliphatic rings. The topological polar surface area (TPSA) is 100 Å². The highest BCUT2D eigenvalue weighted by Crippen LogP contribution is 2.23. The number of hydrogen-bond acceptors (Lipinski definition) is 6. The molecule has 0 amide bonds. The van der Waals surface area contributed by atoms with E-state index >= 15 is 0 Å². The first-order chi connectivity index (χ1) is 14.9. The van der Waals surface area contributed by atoms with Gasteiger partial charge >= 0.3 is 0 Å². The molecule has 2 aromatic heterocycles. The number of nitrogens with zero attached hydrogens (tertiary/aromatic N) is 2. The lowest BCUT2D eigenvalue weighted by molar-refractivity contribution is 0.474. The average Bonchev–Trinajstić information content (AvgIpc) is 2.80. The first-order valence-corrected chi connectivity index (χ1v) is 10.7. The summed E-state index contributed by atoms with van der Waals surface area (Å²) in [4.78, 5) is 8.11. The second-order valence-corrected chi connectivity index (χ2v) is 8.34. The molecule has 0 unspecified atom stereocenters. The first-order valence-electron chi connectivity index (χ1n) is 9.26. The minimum Gasteiger partial charge on any atom is -0.508 e. The van der Waals surface area contributed by atoms with Crippen LogP contribution < -0.4 is 0 Å². The van der Waals surface area contributed by atoms with Crippen molar-refractivity contribution >= 4 is 22.0 Å². The Balaban J connectivity index is 0.000000179. The number of phenols is 2. The number of rotatable bonds is 4. The molecule has 7 heteroatoms. The first kappa shape index (κ1) is 21.7. The van der Waals surface area contributed by atoms with E-state index in [1.165, 1.54) is 48.5 Å². The van der Waals surface area contributed by atoms with Crippen LogP contribution in [0.5, 0.6) is 11.5 Å². The normalized spacial score (nSPS) is 11.0. The van der Waals surface area contributed by atoms with Gasteiger partial charge in [0.15, 0.2) is 0 Å². The van der Waals surface area contributed by atoms with Crippen LogP contribution in [-0.2, 0) is 9.84 Å². The van der Waals surface area contributed by atoms with Gasteiger partial charge in [0.25, 0.3) is 0 Å². The van der Waals surface area contributed by atoms with Gasteiger partial charge < -0.3 is 10.2 Å². The molecular weight excluding hydrogens is 412 g/mol. The SMILES string of the molecule is C(=C\c1ccncc1)/c1ccncc1.O=S(=O)(c1ccc(O)cc1)c1ccc(O)cc1. The van der Waals surface area contributed by atoms with Gasteiger partial charge in [0.2, 0.25) is 9.84 Å². The van der Waals surface area contributed by atoms with Gasteiger partial charge in [0.05, 0.1) is 9.79 Å². The molecule has 0 saturated heterocycles. The standard InChI is InChI=1S/C12H10N2.C12H10O4S/c1(11-3-7-13-8-4-11)2-12-5-9-14-10-6-12;13-9-1-5-11(6-2-9)17(15,16)12-7-3-10(14)4-8-12/h1-10H;1-8,13-14H/b2-1+;. The average molecular weight is 433 g/mol. The van der Waals surface area contributed by atoms with Crippen molar-refractivity contribution in [1.29, 1.82) is 0 Å². The molecule has 2 heterocycles. The summed E-state index contributed by atoms with van der Waals surface area (Å²) in [7, 11) is -3.59. The quantitative estimate of drug-likeness (QED) is 0.490. The lowest BCUT2D eigenvalue weighted by atomic mass is 10.2. The van der Waals surface area contributed by atoms with E-state index in [4.69, 9.17) is 10.2 Å². The zero-order valence-electron chi connectivity index (χ0n) is 16.4. The van der Waals surface area contributed by atoms with E-state index in [9.17, 15) is 8.42 Å². The molecule has 6 nitrogen and oxygen atoms in total. The zero-order valence-corrected chi connectivity index (χ0v) is 17.2. The maximum absolute atomic E-state index is 12.1. The van der Waals surface area contributed by atoms with Gasteiger partial charge in [-0.05, 0) is 83.9 Å². The number of aromatic hydroxyl groups is 2. The van der Waals surface area contributed by atoms with Crippen LogP contribution in [0.2, 0.25) is 0 Å². The van der Waals surface area contributed by atoms with Crippen LogP contribution in [0.1, 0.15) is 11.1 Å². The van der Waals surface area contributed by atoms with E-state index in [-0.39, 0.29) is 21.3 Å². The van der Waals surface area contributed by atoms with Gasteiger partial charge in [0.1, 0.15) is 11.5 Å².